The summed E-state index contributed by atoms with van der Waals surface area (Å²) in [5.41, 5.74) is 2.33. The molecule has 2 rings (SSSR count). The molecule has 0 aliphatic carbocycles. The van der Waals surface area contributed by atoms with Crippen molar-refractivity contribution in [2.45, 2.75) is 20.4 Å². The maximum atomic E-state index is 4.52. The summed E-state index contributed by atoms with van der Waals surface area (Å²) in [5, 5.41) is 3.38. The van der Waals surface area contributed by atoms with Crippen LogP contribution in [-0.2, 0) is 6.54 Å². The standard InChI is InChI=1S/C16H21N3/c1-3-19(4-2)16-11-10-14(13-18-16)12-17-15-8-6-5-7-9-15/h5-11,13,17H,3-4,12H2,1-2H3. The van der Waals surface area contributed by atoms with E-state index >= 15 is 0 Å². The molecule has 0 fully saturated rings. The number of aromatic nitrogens is 1. The topological polar surface area (TPSA) is 28.2 Å². The van der Waals surface area contributed by atoms with E-state index in [1.807, 2.05) is 24.4 Å². The average molecular weight is 255 g/mol. The Labute approximate surface area is 115 Å². The van der Waals surface area contributed by atoms with Crippen molar-refractivity contribution in [3.05, 3.63) is 54.2 Å². The number of nitrogens with zero attached hydrogens (tertiary/aromatic N) is 2. The van der Waals surface area contributed by atoms with E-state index in [0.717, 1.165) is 31.1 Å². The van der Waals surface area contributed by atoms with Crippen molar-refractivity contribution in [1.82, 2.24) is 4.98 Å². The van der Waals surface area contributed by atoms with Crippen molar-refractivity contribution in [2.24, 2.45) is 0 Å². The van der Waals surface area contributed by atoms with Crippen LogP contribution in [0.5, 0.6) is 0 Å². The summed E-state index contributed by atoms with van der Waals surface area (Å²) >= 11 is 0. The van der Waals surface area contributed by atoms with Gasteiger partial charge in [0.05, 0.1) is 0 Å². The van der Waals surface area contributed by atoms with E-state index in [1.165, 1.54) is 5.56 Å². The highest BCUT2D eigenvalue weighted by molar-refractivity contribution is 5.44. The van der Waals surface area contributed by atoms with E-state index in [4.69, 9.17) is 0 Å². The first-order valence-electron chi connectivity index (χ1n) is 6.82. The number of benzene rings is 1. The van der Waals surface area contributed by atoms with Gasteiger partial charge < -0.3 is 10.2 Å². The van der Waals surface area contributed by atoms with Gasteiger partial charge in [0.15, 0.2) is 0 Å². The summed E-state index contributed by atoms with van der Waals surface area (Å²) in [6.45, 7) is 7.08. The Balaban J connectivity index is 1.95. The zero-order chi connectivity index (χ0) is 13.5. The van der Waals surface area contributed by atoms with Crippen LogP contribution in [0.3, 0.4) is 0 Å². The largest absolute Gasteiger partial charge is 0.381 e. The molecule has 0 spiro atoms. The SMILES string of the molecule is CCN(CC)c1ccc(CNc2ccccc2)cn1. The quantitative estimate of drug-likeness (QED) is 0.855. The molecule has 0 aliphatic heterocycles. The molecule has 0 amide bonds. The molecule has 1 N–H and O–H groups in total. The van der Waals surface area contributed by atoms with Gasteiger partial charge in [0, 0.05) is 31.5 Å². The maximum absolute atomic E-state index is 4.52. The van der Waals surface area contributed by atoms with Crippen molar-refractivity contribution in [1.29, 1.82) is 0 Å². The minimum Gasteiger partial charge on any atom is -0.381 e. The molecule has 100 valence electrons. The number of anilines is 2. The molecule has 0 saturated carbocycles. The monoisotopic (exact) mass is 255 g/mol. The third kappa shape index (κ3) is 3.71. The van der Waals surface area contributed by atoms with Gasteiger partial charge >= 0.3 is 0 Å². The number of para-hydroxylation sites is 1. The first-order chi connectivity index (χ1) is 9.33. The molecule has 0 unspecified atom stereocenters. The zero-order valence-corrected chi connectivity index (χ0v) is 11.6. The first-order valence-corrected chi connectivity index (χ1v) is 6.82. The van der Waals surface area contributed by atoms with Crippen LogP contribution in [-0.4, -0.2) is 18.1 Å². The summed E-state index contributed by atoms with van der Waals surface area (Å²) in [6.07, 6.45) is 1.95. The van der Waals surface area contributed by atoms with Crippen molar-refractivity contribution in [3.63, 3.8) is 0 Å². The van der Waals surface area contributed by atoms with Crippen LogP contribution in [0, 0.1) is 0 Å². The Kier molecular flexibility index (Phi) is 4.78. The number of hydrogen-bond acceptors (Lipinski definition) is 3. The van der Waals surface area contributed by atoms with E-state index in [2.05, 4.69) is 53.3 Å². The molecule has 19 heavy (non-hydrogen) atoms. The van der Waals surface area contributed by atoms with Crippen LogP contribution >= 0.6 is 0 Å². The van der Waals surface area contributed by atoms with Crippen LogP contribution in [0.4, 0.5) is 11.5 Å². The number of hydrogen-bond donors (Lipinski definition) is 1. The fourth-order valence-corrected chi connectivity index (χ4v) is 2.02. The van der Waals surface area contributed by atoms with Crippen LogP contribution < -0.4 is 10.2 Å². The van der Waals surface area contributed by atoms with E-state index in [1.54, 1.807) is 0 Å². The van der Waals surface area contributed by atoms with Gasteiger partial charge in [-0.05, 0) is 37.6 Å². The van der Waals surface area contributed by atoms with Gasteiger partial charge in [-0.3, -0.25) is 0 Å². The van der Waals surface area contributed by atoms with Gasteiger partial charge in [-0.2, -0.15) is 0 Å². The molecule has 0 aliphatic rings. The lowest BCUT2D eigenvalue weighted by Crippen LogP contribution is -2.22. The summed E-state index contributed by atoms with van der Waals surface area (Å²) in [7, 11) is 0. The Morgan fingerprint density at radius 2 is 1.74 bits per heavy atom. The van der Waals surface area contributed by atoms with Crippen LogP contribution in [0.15, 0.2) is 48.7 Å². The fraction of sp³-hybridized carbons (Fsp3) is 0.312. The zero-order valence-electron chi connectivity index (χ0n) is 11.6. The van der Waals surface area contributed by atoms with E-state index in [9.17, 15) is 0 Å². The number of nitrogens with one attached hydrogen (secondary N) is 1. The predicted molar refractivity (Wildman–Crippen MR) is 81.6 cm³/mol. The molecule has 0 saturated heterocycles. The summed E-state index contributed by atoms with van der Waals surface area (Å²) in [6, 6.07) is 14.4. The Morgan fingerprint density at radius 1 is 1.00 bits per heavy atom. The van der Waals surface area contributed by atoms with Crippen molar-refractivity contribution >= 4 is 11.5 Å². The second-order valence-corrected chi connectivity index (χ2v) is 4.42. The van der Waals surface area contributed by atoms with Crippen molar-refractivity contribution in [3.8, 4) is 0 Å². The van der Waals surface area contributed by atoms with Gasteiger partial charge in [-0.15, -0.1) is 0 Å². The normalized spacial score (nSPS) is 10.2. The summed E-state index contributed by atoms with van der Waals surface area (Å²) in [4.78, 5) is 6.76. The Bertz CT molecular complexity index is 475. The molecule has 3 heteroatoms. The highest BCUT2D eigenvalue weighted by Crippen LogP contribution is 2.12. The molecule has 2 aromatic rings. The van der Waals surface area contributed by atoms with E-state index < -0.39 is 0 Å². The lowest BCUT2D eigenvalue weighted by atomic mass is 10.2. The summed E-state index contributed by atoms with van der Waals surface area (Å²) in [5.74, 6) is 1.05. The lowest BCUT2D eigenvalue weighted by Gasteiger charge is -2.19. The maximum Gasteiger partial charge on any atom is 0.128 e. The summed E-state index contributed by atoms with van der Waals surface area (Å²) < 4.78 is 0. The van der Waals surface area contributed by atoms with Crippen LogP contribution in [0.2, 0.25) is 0 Å². The van der Waals surface area contributed by atoms with Crippen molar-refractivity contribution in [2.75, 3.05) is 23.3 Å². The highest BCUT2D eigenvalue weighted by atomic mass is 15.2. The Morgan fingerprint density at radius 3 is 2.32 bits per heavy atom. The third-order valence-corrected chi connectivity index (χ3v) is 3.17. The molecule has 0 atom stereocenters. The van der Waals surface area contributed by atoms with E-state index in [-0.39, 0.29) is 0 Å². The van der Waals surface area contributed by atoms with Gasteiger partial charge in [-0.25, -0.2) is 4.98 Å². The van der Waals surface area contributed by atoms with Crippen LogP contribution in [0.25, 0.3) is 0 Å². The molecule has 1 aromatic carbocycles. The van der Waals surface area contributed by atoms with Crippen molar-refractivity contribution < 1.29 is 0 Å². The average Bonchev–Trinajstić information content (AvgIpc) is 2.49. The number of rotatable bonds is 6. The Hall–Kier alpha value is -2.03. The molecular weight excluding hydrogens is 234 g/mol. The molecule has 0 radical (unpaired) electrons. The highest BCUT2D eigenvalue weighted by Gasteiger charge is 2.02. The van der Waals surface area contributed by atoms with Crippen LogP contribution in [0.1, 0.15) is 19.4 Å². The third-order valence-electron chi connectivity index (χ3n) is 3.17. The minimum absolute atomic E-state index is 0.801. The fourth-order valence-electron chi connectivity index (χ4n) is 2.02. The second kappa shape index (κ2) is 6.78. The van der Waals surface area contributed by atoms with Gasteiger partial charge in [-0.1, -0.05) is 24.3 Å². The lowest BCUT2D eigenvalue weighted by molar-refractivity contribution is 0.844. The smallest absolute Gasteiger partial charge is 0.128 e. The predicted octanol–water partition coefficient (Wildman–Crippen LogP) is 3.54. The minimum atomic E-state index is 0.801. The van der Waals surface area contributed by atoms with Gasteiger partial charge in [0.2, 0.25) is 0 Å². The number of pyridine rings is 1. The molecule has 1 heterocycles. The molecule has 0 bridgehead atoms. The van der Waals surface area contributed by atoms with Gasteiger partial charge in [0.1, 0.15) is 5.82 Å². The first kappa shape index (κ1) is 13.4. The van der Waals surface area contributed by atoms with E-state index in [0.29, 0.717) is 0 Å². The molecular formula is C16H21N3. The molecule has 3 nitrogen and oxygen atoms in total. The van der Waals surface area contributed by atoms with Gasteiger partial charge in [0.25, 0.3) is 0 Å². The second-order valence-electron chi connectivity index (χ2n) is 4.42. The molecule has 1 aromatic heterocycles.